The predicted octanol–water partition coefficient (Wildman–Crippen LogP) is 2.38. The molecule has 3 heteroatoms. The van der Waals surface area contributed by atoms with Crippen molar-refractivity contribution < 1.29 is 14.2 Å². The first kappa shape index (κ1) is 13.9. The Morgan fingerprint density at radius 1 is 1.00 bits per heavy atom. The molecule has 0 radical (unpaired) electrons. The van der Waals surface area contributed by atoms with E-state index in [1.807, 2.05) is 30.3 Å². The third kappa shape index (κ3) is 6.22. The highest BCUT2D eigenvalue weighted by molar-refractivity contribution is 5.63. The van der Waals surface area contributed by atoms with Gasteiger partial charge in [0.05, 0.1) is 33.0 Å². The summed E-state index contributed by atoms with van der Waals surface area (Å²) < 4.78 is 15.6. The molecule has 0 atom stereocenters. The average molecular weight is 236 g/mol. The Balaban J connectivity index is 2.05. The highest BCUT2D eigenvalue weighted by Gasteiger charge is 1.97. The summed E-state index contributed by atoms with van der Waals surface area (Å²) in [6.45, 7) is 6.93. The Kier molecular flexibility index (Phi) is 7.30. The van der Waals surface area contributed by atoms with Crippen LogP contribution in [0.15, 0.2) is 36.9 Å². The van der Waals surface area contributed by atoms with Gasteiger partial charge in [-0.25, -0.2) is 0 Å². The summed E-state index contributed by atoms with van der Waals surface area (Å²) in [5.41, 5.74) is 2.11. The zero-order chi connectivity index (χ0) is 12.3. The van der Waals surface area contributed by atoms with Crippen molar-refractivity contribution in [1.29, 1.82) is 0 Å². The highest BCUT2D eigenvalue weighted by Crippen LogP contribution is 2.11. The van der Waals surface area contributed by atoms with Crippen LogP contribution in [0, 0.1) is 0 Å². The van der Waals surface area contributed by atoms with Gasteiger partial charge in [0.15, 0.2) is 0 Å². The van der Waals surface area contributed by atoms with Gasteiger partial charge in [-0.05, 0) is 11.1 Å². The summed E-state index contributed by atoms with van der Waals surface area (Å²) in [6.07, 6.45) is 0. The lowest BCUT2D eigenvalue weighted by Crippen LogP contribution is -2.09. The summed E-state index contributed by atoms with van der Waals surface area (Å²) in [7, 11) is 1.66. The highest BCUT2D eigenvalue weighted by atomic mass is 16.5. The number of methoxy groups -OCH3 is 1. The number of rotatable bonds is 9. The van der Waals surface area contributed by atoms with E-state index in [0.29, 0.717) is 33.0 Å². The van der Waals surface area contributed by atoms with Crippen LogP contribution in [0.5, 0.6) is 0 Å². The number of hydrogen-bond acceptors (Lipinski definition) is 3. The molecular weight excluding hydrogens is 216 g/mol. The van der Waals surface area contributed by atoms with E-state index < -0.39 is 0 Å². The maximum Gasteiger partial charge on any atom is 0.0718 e. The van der Waals surface area contributed by atoms with Crippen LogP contribution in [-0.2, 0) is 14.2 Å². The third-order valence-electron chi connectivity index (χ3n) is 2.26. The molecule has 1 aromatic carbocycles. The van der Waals surface area contributed by atoms with Crippen molar-refractivity contribution in [2.75, 3.05) is 40.1 Å². The zero-order valence-electron chi connectivity index (χ0n) is 10.4. The Morgan fingerprint density at radius 3 is 2.35 bits per heavy atom. The molecule has 0 aliphatic carbocycles. The molecule has 0 aromatic heterocycles. The van der Waals surface area contributed by atoms with Gasteiger partial charge in [-0.3, -0.25) is 0 Å². The van der Waals surface area contributed by atoms with Gasteiger partial charge < -0.3 is 14.2 Å². The van der Waals surface area contributed by atoms with Crippen molar-refractivity contribution in [3.63, 3.8) is 0 Å². The van der Waals surface area contributed by atoms with Crippen molar-refractivity contribution in [3.05, 3.63) is 42.5 Å². The monoisotopic (exact) mass is 236 g/mol. The van der Waals surface area contributed by atoms with Crippen LogP contribution in [0.3, 0.4) is 0 Å². The molecule has 0 saturated heterocycles. The Bertz CT molecular complexity index is 309. The van der Waals surface area contributed by atoms with E-state index in [0.717, 1.165) is 11.1 Å². The van der Waals surface area contributed by atoms with Gasteiger partial charge in [-0.1, -0.05) is 36.9 Å². The fourth-order valence-electron chi connectivity index (χ4n) is 1.31. The van der Waals surface area contributed by atoms with Crippen molar-refractivity contribution >= 4 is 5.57 Å². The minimum absolute atomic E-state index is 0.539. The minimum Gasteiger partial charge on any atom is -0.382 e. The van der Waals surface area contributed by atoms with Crippen LogP contribution in [-0.4, -0.2) is 40.1 Å². The van der Waals surface area contributed by atoms with Crippen molar-refractivity contribution in [3.8, 4) is 0 Å². The van der Waals surface area contributed by atoms with E-state index in [1.54, 1.807) is 7.11 Å². The van der Waals surface area contributed by atoms with E-state index in [2.05, 4.69) is 6.58 Å². The first-order valence-electron chi connectivity index (χ1n) is 5.72. The van der Waals surface area contributed by atoms with Crippen LogP contribution in [0.1, 0.15) is 5.56 Å². The van der Waals surface area contributed by atoms with Crippen LogP contribution < -0.4 is 0 Å². The van der Waals surface area contributed by atoms with Crippen molar-refractivity contribution in [2.24, 2.45) is 0 Å². The minimum atomic E-state index is 0.539. The third-order valence-corrected chi connectivity index (χ3v) is 2.26. The molecule has 0 amide bonds. The van der Waals surface area contributed by atoms with Gasteiger partial charge in [0.2, 0.25) is 0 Å². The SMILES string of the molecule is C=C(COCCOCCOC)c1ccccc1. The molecule has 0 unspecified atom stereocenters. The zero-order valence-corrected chi connectivity index (χ0v) is 10.4. The van der Waals surface area contributed by atoms with E-state index in [-0.39, 0.29) is 0 Å². The Morgan fingerprint density at radius 2 is 1.65 bits per heavy atom. The van der Waals surface area contributed by atoms with Crippen LogP contribution in [0.2, 0.25) is 0 Å². The fraction of sp³-hybridized carbons (Fsp3) is 0.429. The molecule has 0 aliphatic rings. The van der Waals surface area contributed by atoms with Gasteiger partial charge in [0, 0.05) is 7.11 Å². The van der Waals surface area contributed by atoms with Crippen molar-refractivity contribution in [2.45, 2.75) is 0 Å². The molecule has 17 heavy (non-hydrogen) atoms. The quantitative estimate of drug-likeness (QED) is 0.616. The van der Waals surface area contributed by atoms with Crippen LogP contribution in [0.4, 0.5) is 0 Å². The van der Waals surface area contributed by atoms with E-state index in [4.69, 9.17) is 14.2 Å². The first-order valence-corrected chi connectivity index (χ1v) is 5.72. The van der Waals surface area contributed by atoms with E-state index in [1.165, 1.54) is 0 Å². The lowest BCUT2D eigenvalue weighted by molar-refractivity contribution is 0.0325. The average Bonchev–Trinajstić information content (AvgIpc) is 2.38. The maximum absolute atomic E-state index is 5.46. The molecular formula is C14H20O3. The second-order valence-corrected chi connectivity index (χ2v) is 3.63. The Labute approximate surface area is 103 Å². The molecule has 1 aromatic rings. The smallest absolute Gasteiger partial charge is 0.0718 e. The standard InChI is InChI=1S/C14H20O3/c1-13(14-6-4-3-5-7-14)12-17-11-10-16-9-8-15-2/h3-7H,1,8-12H2,2H3. The molecule has 3 nitrogen and oxygen atoms in total. The van der Waals surface area contributed by atoms with Gasteiger partial charge in [0.1, 0.15) is 0 Å². The number of benzene rings is 1. The molecule has 0 spiro atoms. The predicted molar refractivity (Wildman–Crippen MR) is 69.0 cm³/mol. The lowest BCUT2D eigenvalue weighted by Gasteiger charge is -2.07. The molecule has 0 aliphatic heterocycles. The van der Waals surface area contributed by atoms with Gasteiger partial charge in [0.25, 0.3) is 0 Å². The van der Waals surface area contributed by atoms with E-state index >= 15 is 0 Å². The summed E-state index contributed by atoms with van der Waals surface area (Å²) >= 11 is 0. The van der Waals surface area contributed by atoms with Gasteiger partial charge >= 0.3 is 0 Å². The van der Waals surface area contributed by atoms with Crippen LogP contribution >= 0.6 is 0 Å². The topological polar surface area (TPSA) is 27.7 Å². The second kappa shape index (κ2) is 8.93. The molecule has 0 heterocycles. The first-order chi connectivity index (χ1) is 8.34. The largest absolute Gasteiger partial charge is 0.382 e. The number of ether oxygens (including phenoxy) is 3. The molecule has 0 saturated carbocycles. The summed E-state index contributed by atoms with van der Waals surface area (Å²) in [5.74, 6) is 0. The summed E-state index contributed by atoms with van der Waals surface area (Å²) in [6, 6.07) is 10.0. The molecule has 94 valence electrons. The second-order valence-electron chi connectivity index (χ2n) is 3.63. The van der Waals surface area contributed by atoms with Gasteiger partial charge in [-0.2, -0.15) is 0 Å². The number of hydrogen-bond donors (Lipinski definition) is 0. The van der Waals surface area contributed by atoms with Gasteiger partial charge in [-0.15, -0.1) is 0 Å². The Hall–Kier alpha value is -1.16. The van der Waals surface area contributed by atoms with Crippen LogP contribution in [0.25, 0.3) is 5.57 Å². The molecule has 0 fully saturated rings. The van der Waals surface area contributed by atoms with E-state index in [9.17, 15) is 0 Å². The summed E-state index contributed by atoms with van der Waals surface area (Å²) in [5, 5.41) is 0. The van der Waals surface area contributed by atoms with Crippen molar-refractivity contribution in [1.82, 2.24) is 0 Å². The molecule has 0 N–H and O–H groups in total. The summed E-state index contributed by atoms with van der Waals surface area (Å²) in [4.78, 5) is 0. The normalized spacial score (nSPS) is 10.4. The maximum atomic E-state index is 5.46. The molecule has 1 rings (SSSR count). The fourth-order valence-corrected chi connectivity index (χ4v) is 1.31. The lowest BCUT2D eigenvalue weighted by atomic mass is 10.1. The molecule has 0 bridgehead atoms.